The molecule has 0 aliphatic rings. The molecule has 1 N–H and O–H groups in total. The molecule has 0 unspecified atom stereocenters. The minimum Gasteiger partial charge on any atom is -0.476 e. The zero-order chi connectivity index (χ0) is 12.9. The van der Waals surface area contributed by atoms with Crippen molar-refractivity contribution in [1.82, 2.24) is 5.32 Å². The second kappa shape index (κ2) is 5.65. The van der Waals surface area contributed by atoms with Gasteiger partial charge >= 0.3 is 0 Å². The van der Waals surface area contributed by atoms with E-state index in [1.54, 1.807) is 18.2 Å². The standard InChI is InChI=1S/C13H17FN2O/c1-13(2,3)16-9-10-4-5-12(11(14)8-10)17-7-6-15/h4-5,8,16H,7,9H2,1-3H3. The van der Waals surface area contributed by atoms with Crippen LogP contribution in [0.1, 0.15) is 26.3 Å². The Labute approximate surface area is 101 Å². The van der Waals surface area contributed by atoms with E-state index < -0.39 is 5.82 Å². The van der Waals surface area contributed by atoms with Gasteiger partial charge in [-0.15, -0.1) is 0 Å². The van der Waals surface area contributed by atoms with Crippen LogP contribution in [0.25, 0.3) is 0 Å². The van der Waals surface area contributed by atoms with Crippen LogP contribution < -0.4 is 10.1 Å². The zero-order valence-electron chi connectivity index (χ0n) is 10.4. The first kappa shape index (κ1) is 13.5. The van der Waals surface area contributed by atoms with Gasteiger partial charge in [-0.1, -0.05) is 6.07 Å². The van der Waals surface area contributed by atoms with Crippen LogP contribution in [0.4, 0.5) is 4.39 Å². The molecule has 0 aromatic heterocycles. The van der Waals surface area contributed by atoms with E-state index in [0.717, 1.165) is 5.56 Å². The Bertz CT molecular complexity index is 418. The van der Waals surface area contributed by atoms with Crippen LogP contribution in [0.2, 0.25) is 0 Å². The topological polar surface area (TPSA) is 45.0 Å². The molecule has 92 valence electrons. The molecule has 0 atom stereocenters. The third-order valence-electron chi connectivity index (χ3n) is 2.11. The van der Waals surface area contributed by atoms with Gasteiger partial charge in [0.2, 0.25) is 0 Å². The lowest BCUT2D eigenvalue weighted by atomic mass is 10.1. The first-order valence-electron chi connectivity index (χ1n) is 5.45. The summed E-state index contributed by atoms with van der Waals surface area (Å²) in [6.07, 6.45) is 0. The second-order valence-electron chi connectivity index (χ2n) is 4.82. The van der Waals surface area contributed by atoms with Gasteiger partial charge in [0.1, 0.15) is 6.07 Å². The minimum absolute atomic E-state index is 0.00748. The first-order valence-corrected chi connectivity index (χ1v) is 5.45. The summed E-state index contributed by atoms with van der Waals surface area (Å²) in [4.78, 5) is 0. The highest BCUT2D eigenvalue weighted by Crippen LogP contribution is 2.18. The molecule has 0 amide bonds. The SMILES string of the molecule is CC(C)(C)NCc1ccc(OCC#N)c(F)c1. The average Bonchev–Trinajstić information content (AvgIpc) is 2.24. The molecule has 0 spiro atoms. The van der Waals surface area contributed by atoms with E-state index in [9.17, 15) is 4.39 Å². The summed E-state index contributed by atoms with van der Waals surface area (Å²) in [6.45, 7) is 6.60. The van der Waals surface area contributed by atoms with Crippen molar-refractivity contribution in [3.63, 3.8) is 0 Å². The van der Waals surface area contributed by atoms with E-state index in [1.807, 2.05) is 20.8 Å². The zero-order valence-corrected chi connectivity index (χ0v) is 10.4. The lowest BCUT2D eigenvalue weighted by Crippen LogP contribution is -2.35. The summed E-state index contributed by atoms with van der Waals surface area (Å²) < 4.78 is 18.5. The molecule has 4 heteroatoms. The van der Waals surface area contributed by atoms with Gasteiger partial charge < -0.3 is 10.1 Å². The van der Waals surface area contributed by atoms with Crippen LogP contribution in [0, 0.1) is 17.1 Å². The molecule has 0 saturated heterocycles. The van der Waals surface area contributed by atoms with Crippen LogP contribution in [-0.2, 0) is 6.54 Å². The van der Waals surface area contributed by atoms with E-state index >= 15 is 0 Å². The number of nitrogens with zero attached hydrogens (tertiary/aromatic N) is 1. The van der Waals surface area contributed by atoms with Gasteiger partial charge in [0.15, 0.2) is 18.2 Å². The number of rotatable bonds is 4. The summed E-state index contributed by atoms with van der Waals surface area (Å²) in [5, 5.41) is 11.6. The first-order chi connectivity index (χ1) is 7.92. The molecule has 0 heterocycles. The predicted molar refractivity (Wildman–Crippen MR) is 64.1 cm³/mol. The van der Waals surface area contributed by atoms with Crippen molar-refractivity contribution in [1.29, 1.82) is 5.26 Å². The molecule has 0 fully saturated rings. The van der Waals surface area contributed by atoms with Crippen LogP contribution in [0.5, 0.6) is 5.75 Å². The highest BCUT2D eigenvalue weighted by Gasteiger charge is 2.10. The van der Waals surface area contributed by atoms with Crippen molar-refractivity contribution < 1.29 is 9.13 Å². The Morgan fingerprint density at radius 1 is 1.41 bits per heavy atom. The van der Waals surface area contributed by atoms with Crippen molar-refractivity contribution in [3.05, 3.63) is 29.6 Å². The molecule has 1 rings (SSSR count). The quantitative estimate of drug-likeness (QED) is 0.874. The maximum Gasteiger partial charge on any atom is 0.174 e. The maximum atomic E-state index is 13.5. The van der Waals surface area contributed by atoms with Crippen molar-refractivity contribution in [3.8, 4) is 11.8 Å². The fourth-order valence-electron chi connectivity index (χ4n) is 1.25. The van der Waals surface area contributed by atoms with Gasteiger partial charge in [0, 0.05) is 12.1 Å². The Hall–Kier alpha value is -1.60. The van der Waals surface area contributed by atoms with Gasteiger partial charge in [0.05, 0.1) is 0 Å². The lowest BCUT2D eigenvalue weighted by molar-refractivity contribution is 0.345. The molecule has 3 nitrogen and oxygen atoms in total. The Morgan fingerprint density at radius 3 is 2.65 bits per heavy atom. The molecule has 17 heavy (non-hydrogen) atoms. The summed E-state index contributed by atoms with van der Waals surface area (Å²) in [5.74, 6) is -0.320. The predicted octanol–water partition coefficient (Wildman–Crippen LogP) is 2.62. The van der Waals surface area contributed by atoms with Gasteiger partial charge in [-0.3, -0.25) is 0 Å². The average molecular weight is 236 g/mol. The largest absolute Gasteiger partial charge is 0.476 e. The fourth-order valence-corrected chi connectivity index (χ4v) is 1.25. The molecular formula is C13H17FN2O. The third kappa shape index (κ3) is 4.83. The normalized spacial score (nSPS) is 11.0. The summed E-state index contributed by atoms with van der Waals surface area (Å²) in [6, 6.07) is 6.56. The van der Waals surface area contributed by atoms with Gasteiger partial charge in [-0.05, 0) is 38.5 Å². The van der Waals surface area contributed by atoms with Gasteiger partial charge in [-0.2, -0.15) is 5.26 Å². The smallest absolute Gasteiger partial charge is 0.174 e. The number of halogens is 1. The van der Waals surface area contributed by atoms with Crippen molar-refractivity contribution >= 4 is 0 Å². The Balaban J connectivity index is 2.66. The Morgan fingerprint density at radius 2 is 2.12 bits per heavy atom. The van der Waals surface area contributed by atoms with Gasteiger partial charge in [-0.25, -0.2) is 4.39 Å². The molecule has 1 aromatic carbocycles. The summed E-state index contributed by atoms with van der Waals surface area (Å²) >= 11 is 0. The van der Waals surface area contributed by atoms with E-state index in [-0.39, 0.29) is 17.9 Å². The highest BCUT2D eigenvalue weighted by molar-refractivity contribution is 5.29. The molecule has 0 radical (unpaired) electrons. The van der Waals surface area contributed by atoms with Crippen LogP contribution in [0.15, 0.2) is 18.2 Å². The number of nitriles is 1. The van der Waals surface area contributed by atoms with E-state index in [1.165, 1.54) is 6.07 Å². The van der Waals surface area contributed by atoms with E-state index in [0.29, 0.717) is 6.54 Å². The number of hydrogen-bond acceptors (Lipinski definition) is 3. The van der Waals surface area contributed by atoms with E-state index in [2.05, 4.69) is 5.32 Å². The molecule has 0 aliphatic heterocycles. The number of ether oxygens (including phenoxy) is 1. The molecule has 0 aliphatic carbocycles. The monoisotopic (exact) mass is 236 g/mol. The molecule has 0 bridgehead atoms. The summed E-state index contributed by atoms with van der Waals surface area (Å²) in [7, 11) is 0. The Kier molecular flexibility index (Phi) is 4.47. The van der Waals surface area contributed by atoms with Crippen molar-refractivity contribution in [2.24, 2.45) is 0 Å². The minimum atomic E-state index is -0.437. The number of nitrogens with one attached hydrogen (secondary N) is 1. The van der Waals surface area contributed by atoms with Crippen molar-refractivity contribution in [2.75, 3.05) is 6.61 Å². The van der Waals surface area contributed by atoms with Crippen LogP contribution >= 0.6 is 0 Å². The van der Waals surface area contributed by atoms with Crippen LogP contribution in [0.3, 0.4) is 0 Å². The molecule has 0 saturated carbocycles. The maximum absolute atomic E-state index is 13.5. The summed E-state index contributed by atoms with van der Waals surface area (Å²) in [5.41, 5.74) is 0.841. The third-order valence-corrected chi connectivity index (χ3v) is 2.11. The highest BCUT2D eigenvalue weighted by atomic mass is 19.1. The number of hydrogen-bond donors (Lipinski definition) is 1. The second-order valence-corrected chi connectivity index (χ2v) is 4.82. The molecular weight excluding hydrogens is 219 g/mol. The fraction of sp³-hybridized carbons (Fsp3) is 0.462. The molecule has 1 aromatic rings. The van der Waals surface area contributed by atoms with Crippen LogP contribution in [-0.4, -0.2) is 12.1 Å². The number of benzene rings is 1. The van der Waals surface area contributed by atoms with E-state index in [4.69, 9.17) is 10.00 Å². The van der Waals surface area contributed by atoms with Crippen molar-refractivity contribution in [2.45, 2.75) is 32.9 Å². The van der Waals surface area contributed by atoms with Gasteiger partial charge in [0.25, 0.3) is 0 Å². The lowest BCUT2D eigenvalue weighted by Gasteiger charge is -2.20.